The zero-order chi connectivity index (χ0) is 13.4. The van der Waals surface area contributed by atoms with Gasteiger partial charge in [-0.3, -0.25) is 4.79 Å². The van der Waals surface area contributed by atoms with Crippen LogP contribution in [0.1, 0.15) is 20.3 Å². The molecule has 0 saturated carbocycles. The Kier molecular flexibility index (Phi) is 3.62. The van der Waals surface area contributed by atoms with Crippen LogP contribution in [0.5, 0.6) is 0 Å². The first kappa shape index (κ1) is 13.7. The second kappa shape index (κ2) is 4.75. The van der Waals surface area contributed by atoms with Crippen LogP contribution in [0.15, 0.2) is 21.8 Å². The van der Waals surface area contributed by atoms with Gasteiger partial charge in [0.15, 0.2) is 0 Å². The summed E-state index contributed by atoms with van der Waals surface area (Å²) < 4.78 is 2.11. The highest BCUT2D eigenvalue weighted by Gasteiger charge is 2.45. The molecule has 1 aliphatic heterocycles. The van der Waals surface area contributed by atoms with Gasteiger partial charge >= 0.3 is 0 Å². The number of hydrogen-bond acceptors (Lipinski definition) is 4. The summed E-state index contributed by atoms with van der Waals surface area (Å²) in [7, 11) is 0. The van der Waals surface area contributed by atoms with Crippen molar-refractivity contribution < 1.29 is 5.11 Å². The summed E-state index contributed by atoms with van der Waals surface area (Å²) in [6.07, 6.45) is 3.52. The Hall–Kier alpha value is -0.720. The van der Waals surface area contributed by atoms with Gasteiger partial charge in [-0.1, -0.05) is 13.8 Å². The number of nitrogens with one attached hydrogen (secondary N) is 1. The van der Waals surface area contributed by atoms with Gasteiger partial charge in [-0.25, -0.2) is 4.98 Å². The largest absolute Gasteiger partial charge is 0.387 e. The Balaban J connectivity index is 2.31. The summed E-state index contributed by atoms with van der Waals surface area (Å²) in [4.78, 5) is 15.6. The molecule has 1 fully saturated rings. The fourth-order valence-corrected chi connectivity index (χ4v) is 2.66. The fraction of sp³-hybridized carbons (Fsp3) is 0.667. The SMILES string of the molecule is CC1(C)CNCCC1(O)Cn1cc(Br)ncc1=O. The summed E-state index contributed by atoms with van der Waals surface area (Å²) in [6, 6.07) is 0. The van der Waals surface area contributed by atoms with Crippen molar-refractivity contribution in [1.82, 2.24) is 14.9 Å². The third-order valence-corrected chi connectivity index (χ3v) is 4.23. The van der Waals surface area contributed by atoms with Crippen LogP contribution in [0.3, 0.4) is 0 Å². The second-order valence-electron chi connectivity index (χ2n) is 5.52. The first-order chi connectivity index (χ1) is 8.34. The molecule has 0 radical (unpaired) electrons. The predicted octanol–water partition coefficient (Wildman–Crippen LogP) is 0.756. The van der Waals surface area contributed by atoms with Gasteiger partial charge < -0.3 is 15.0 Å². The maximum absolute atomic E-state index is 11.8. The Morgan fingerprint density at radius 1 is 1.61 bits per heavy atom. The van der Waals surface area contributed by atoms with E-state index in [1.165, 1.54) is 10.8 Å². The molecular weight excluding hydrogens is 298 g/mol. The number of rotatable bonds is 2. The highest BCUT2D eigenvalue weighted by molar-refractivity contribution is 9.10. The maximum atomic E-state index is 11.8. The highest BCUT2D eigenvalue weighted by Crippen LogP contribution is 2.36. The fourth-order valence-electron chi connectivity index (χ4n) is 2.31. The van der Waals surface area contributed by atoms with Crippen LogP contribution >= 0.6 is 15.9 Å². The summed E-state index contributed by atoms with van der Waals surface area (Å²) in [5.41, 5.74) is -1.36. The van der Waals surface area contributed by atoms with Gasteiger partial charge in [-0.15, -0.1) is 0 Å². The molecule has 1 saturated heterocycles. The molecule has 6 heteroatoms. The summed E-state index contributed by atoms with van der Waals surface area (Å²) in [5, 5.41) is 14.1. The molecule has 1 aromatic heterocycles. The number of halogens is 1. The highest BCUT2D eigenvalue weighted by atomic mass is 79.9. The number of aromatic nitrogens is 2. The molecule has 1 aliphatic rings. The van der Waals surface area contributed by atoms with Crippen LogP contribution < -0.4 is 10.9 Å². The van der Waals surface area contributed by atoms with Crippen LogP contribution in [0.4, 0.5) is 0 Å². The smallest absolute Gasteiger partial charge is 0.269 e. The lowest BCUT2D eigenvalue weighted by Gasteiger charge is -2.46. The average Bonchev–Trinajstić information content (AvgIpc) is 2.28. The van der Waals surface area contributed by atoms with Crippen LogP contribution in [0.2, 0.25) is 0 Å². The molecule has 1 unspecified atom stereocenters. The van der Waals surface area contributed by atoms with Crippen LogP contribution in [0.25, 0.3) is 0 Å². The van der Waals surface area contributed by atoms with Gasteiger partial charge in [0.1, 0.15) is 4.60 Å². The summed E-state index contributed by atoms with van der Waals surface area (Å²) >= 11 is 3.24. The molecule has 0 aromatic carbocycles. The van der Waals surface area contributed by atoms with Crippen LogP contribution in [-0.4, -0.2) is 33.3 Å². The van der Waals surface area contributed by atoms with E-state index in [1.807, 2.05) is 13.8 Å². The van der Waals surface area contributed by atoms with E-state index in [4.69, 9.17) is 0 Å². The van der Waals surface area contributed by atoms with Crippen molar-refractivity contribution in [2.45, 2.75) is 32.4 Å². The standard InChI is InChI=1S/C12H18BrN3O2/c1-11(2)7-14-4-3-12(11,18)8-16-6-9(13)15-5-10(16)17/h5-6,14,18H,3-4,7-8H2,1-2H3. The molecule has 0 spiro atoms. The van der Waals surface area contributed by atoms with Crippen LogP contribution in [-0.2, 0) is 6.54 Å². The number of hydrogen-bond donors (Lipinski definition) is 2. The molecule has 100 valence electrons. The lowest BCUT2D eigenvalue weighted by atomic mass is 9.70. The molecule has 2 N–H and O–H groups in total. The van der Waals surface area contributed by atoms with E-state index in [9.17, 15) is 9.90 Å². The third kappa shape index (κ3) is 2.50. The number of nitrogens with zero attached hydrogens (tertiary/aromatic N) is 2. The maximum Gasteiger partial charge on any atom is 0.269 e. The summed E-state index contributed by atoms with van der Waals surface area (Å²) in [5.74, 6) is 0. The lowest BCUT2D eigenvalue weighted by Crippen LogP contribution is -2.58. The topological polar surface area (TPSA) is 67.2 Å². The Bertz CT molecular complexity index is 500. The van der Waals surface area contributed by atoms with E-state index in [-0.39, 0.29) is 11.0 Å². The molecule has 2 heterocycles. The lowest BCUT2D eigenvalue weighted by molar-refractivity contribution is -0.0998. The minimum absolute atomic E-state index is 0.194. The van der Waals surface area contributed by atoms with E-state index in [2.05, 4.69) is 26.2 Å². The summed E-state index contributed by atoms with van der Waals surface area (Å²) in [6.45, 7) is 5.83. The van der Waals surface area contributed by atoms with E-state index in [0.717, 1.165) is 13.1 Å². The molecule has 0 aliphatic carbocycles. The van der Waals surface area contributed by atoms with Crippen molar-refractivity contribution in [3.63, 3.8) is 0 Å². The van der Waals surface area contributed by atoms with Crippen molar-refractivity contribution in [2.75, 3.05) is 13.1 Å². The zero-order valence-electron chi connectivity index (χ0n) is 10.6. The Labute approximate surface area is 114 Å². The second-order valence-corrected chi connectivity index (χ2v) is 6.33. The van der Waals surface area contributed by atoms with Crippen molar-refractivity contribution in [1.29, 1.82) is 0 Å². The molecule has 1 atom stereocenters. The van der Waals surface area contributed by atoms with Crippen molar-refractivity contribution in [2.24, 2.45) is 5.41 Å². The van der Waals surface area contributed by atoms with Crippen LogP contribution in [0, 0.1) is 5.41 Å². The zero-order valence-corrected chi connectivity index (χ0v) is 12.2. The first-order valence-electron chi connectivity index (χ1n) is 5.99. The number of piperidine rings is 1. The molecule has 2 rings (SSSR count). The molecule has 5 nitrogen and oxygen atoms in total. The normalized spacial score (nSPS) is 27.1. The van der Waals surface area contributed by atoms with Crippen molar-refractivity contribution in [3.8, 4) is 0 Å². The van der Waals surface area contributed by atoms with Gasteiger partial charge in [0.05, 0.1) is 18.3 Å². The Morgan fingerprint density at radius 2 is 2.33 bits per heavy atom. The molecule has 1 aromatic rings. The molecule has 18 heavy (non-hydrogen) atoms. The van der Waals surface area contributed by atoms with E-state index >= 15 is 0 Å². The van der Waals surface area contributed by atoms with Gasteiger partial charge in [0.2, 0.25) is 0 Å². The minimum atomic E-state index is -0.886. The monoisotopic (exact) mass is 315 g/mol. The minimum Gasteiger partial charge on any atom is -0.387 e. The van der Waals surface area contributed by atoms with E-state index in [0.29, 0.717) is 17.6 Å². The van der Waals surface area contributed by atoms with Gasteiger partial charge in [0.25, 0.3) is 5.56 Å². The molecular formula is C12H18BrN3O2. The number of aliphatic hydroxyl groups is 1. The van der Waals surface area contributed by atoms with Crippen molar-refractivity contribution >= 4 is 15.9 Å². The van der Waals surface area contributed by atoms with E-state index < -0.39 is 5.60 Å². The molecule has 0 amide bonds. The third-order valence-electron chi connectivity index (χ3n) is 3.82. The van der Waals surface area contributed by atoms with Gasteiger partial charge in [-0.05, 0) is 28.9 Å². The van der Waals surface area contributed by atoms with E-state index in [1.54, 1.807) is 6.20 Å². The van der Waals surface area contributed by atoms with Crippen molar-refractivity contribution in [3.05, 3.63) is 27.4 Å². The average molecular weight is 316 g/mol. The van der Waals surface area contributed by atoms with Gasteiger partial charge in [-0.2, -0.15) is 0 Å². The quantitative estimate of drug-likeness (QED) is 0.845. The van der Waals surface area contributed by atoms with Gasteiger partial charge in [0, 0.05) is 18.2 Å². The first-order valence-corrected chi connectivity index (χ1v) is 6.78. The predicted molar refractivity (Wildman–Crippen MR) is 72.4 cm³/mol. The Morgan fingerprint density at radius 3 is 3.00 bits per heavy atom. The molecule has 0 bridgehead atoms.